The van der Waals surface area contributed by atoms with Crippen molar-refractivity contribution in [3.8, 4) is 5.75 Å². The second kappa shape index (κ2) is 12.7. The minimum Gasteiger partial charge on any atom is -0.496 e. The minimum absolute atomic E-state index is 0.0146. The second-order valence-electron chi connectivity index (χ2n) is 8.02. The lowest BCUT2D eigenvalue weighted by Gasteiger charge is -2.25. The van der Waals surface area contributed by atoms with E-state index in [9.17, 15) is 4.79 Å². The van der Waals surface area contributed by atoms with Crippen LogP contribution < -0.4 is 15.4 Å². The Hall–Kier alpha value is -3.06. The van der Waals surface area contributed by atoms with Gasteiger partial charge in [-0.3, -0.25) is 9.79 Å². The van der Waals surface area contributed by atoms with Crippen LogP contribution in [0.1, 0.15) is 34.5 Å². The van der Waals surface area contributed by atoms with Gasteiger partial charge in [-0.2, -0.15) is 0 Å². The van der Waals surface area contributed by atoms with Gasteiger partial charge in [0, 0.05) is 38.3 Å². The van der Waals surface area contributed by atoms with Crippen LogP contribution >= 0.6 is 0 Å². The molecular formula is C25H37N5O2. The highest BCUT2D eigenvalue weighted by Crippen LogP contribution is 2.28. The van der Waals surface area contributed by atoms with Gasteiger partial charge in [0.2, 0.25) is 0 Å². The number of aliphatic imine (C=N–C) groups is 1. The fourth-order valence-electron chi connectivity index (χ4n) is 3.44. The van der Waals surface area contributed by atoms with Crippen LogP contribution in [0.15, 0.2) is 53.5 Å². The van der Waals surface area contributed by atoms with Crippen molar-refractivity contribution >= 4 is 11.9 Å². The summed E-state index contributed by atoms with van der Waals surface area (Å²) in [5.74, 6) is 1.65. The summed E-state index contributed by atoms with van der Waals surface area (Å²) in [6.45, 7) is 4.14. The Morgan fingerprint density at radius 2 is 1.81 bits per heavy atom. The molecule has 0 aromatic heterocycles. The third-order valence-corrected chi connectivity index (χ3v) is 5.17. The van der Waals surface area contributed by atoms with Crippen LogP contribution in [0.5, 0.6) is 5.75 Å². The van der Waals surface area contributed by atoms with Gasteiger partial charge < -0.3 is 25.2 Å². The van der Waals surface area contributed by atoms with Gasteiger partial charge in [0.05, 0.1) is 19.7 Å². The molecule has 0 spiro atoms. The molecule has 0 aliphatic heterocycles. The average Bonchev–Trinajstić information content (AvgIpc) is 2.78. The van der Waals surface area contributed by atoms with Gasteiger partial charge >= 0.3 is 0 Å². The van der Waals surface area contributed by atoms with Crippen molar-refractivity contribution in [1.29, 1.82) is 0 Å². The lowest BCUT2D eigenvalue weighted by atomic mass is 10.0. The summed E-state index contributed by atoms with van der Waals surface area (Å²) < 4.78 is 5.55. The van der Waals surface area contributed by atoms with Gasteiger partial charge in [-0.05, 0) is 51.2 Å². The number of nitrogens with one attached hydrogen (secondary N) is 2. The highest BCUT2D eigenvalue weighted by Gasteiger charge is 2.18. The fourth-order valence-corrected chi connectivity index (χ4v) is 3.44. The summed E-state index contributed by atoms with van der Waals surface area (Å²) in [6, 6.07) is 15.9. The maximum Gasteiger partial charge on any atom is 0.253 e. The molecule has 0 saturated heterocycles. The maximum atomic E-state index is 12.2. The molecule has 1 amide bonds. The molecule has 1 atom stereocenters. The molecule has 0 aliphatic rings. The van der Waals surface area contributed by atoms with Crippen LogP contribution in [0.25, 0.3) is 0 Å². The Balaban J connectivity index is 2.05. The largest absolute Gasteiger partial charge is 0.496 e. The van der Waals surface area contributed by atoms with Gasteiger partial charge in [0.25, 0.3) is 5.91 Å². The normalized spacial score (nSPS) is 12.4. The van der Waals surface area contributed by atoms with E-state index in [-0.39, 0.29) is 11.9 Å². The zero-order valence-electron chi connectivity index (χ0n) is 20.2. The molecule has 2 aromatic rings. The van der Waals surface area contributed by atoms with Crippen molar-refractivity contribution in [2.75, 3.05) is 54.9 Å². The summed E-state index contributed by atoms with van der Waals surface area (Å²) in [6.07, 6.45) is 0.794. The molecule has 0 bridgehead atoms. The van der Waals surface area contributed by atoms with Crippen molar-refractivity contribution in [2.45, 2.75) is 19.4 Å². The summed E-state index contributed by atoms with van der Waals surface area (Å²) >= 11 is 0. The smallest absolute Gasteiger partial charge is 0.253 e. The van der Waals surface area contributed by atoms with Crippen molar-refractivity contribution in [3.63, 3.8) is 0 Å². The summed E-state index contributed by atoms with van der Waals surface area (Å²) in [5.41, 5.74) is 2.93. The molecular weight excluding hydrogens is 402 g/mol. The molecule has 2 aromatic carbocycles. The van der Waals surface area contributed by atoms with Crippen molar-refractivity contribution in [3.05, 3.63) is 65.2 Å². The predicted octanol–water partition coefficient (Wildman–Crippen LogP) is 2.80. The maximum absolute atomic E-state index is 12.2. The van der Waals surface area contributed by atoms with Gasteiger partial charge in [-0.1, -0.05) is 30.3 Å². The first kappa shape index (κ1) is 25.2. The third-order valence-electron chi connectivity index (χ3n) is 5.17. The average molecular weight is 440 g/mol. The van der Waals surface area contributed by atoms with Gasteiger partial charge in [0.1, 0.15) is 5.75 Å². The van der Waals surface area contributed by atoms with Crippen LogP contribution in [0, 0.1) is 0 Å². The lowest BCUT2D eigenvalue weighted by Crippen LogP contribution is -2.39. The number of hydrogen-bond donors (Lipinski definition) is 2. The third kappa shape index (κ3) is 7.27. The molecule has 2 rings (SSSR count). The van der Waals surface area contributed by atoms with E-state index in [1.807, 2.05) is 42.5 Å². The van der Waals surface area contributed by atoms with E-state index in [4.69, 9.17) is 9.73 Å². The highest BCUT2D eigenvalue weighted by molar-refractivity contribution is 5.94. The highest BCUT2D eigenvalue weighted by atomic mass is 16.5. The Labute approximate surface area is 192 Å². The molecule has 0 saturated carbocycles. The van der Waals surface area contributed by atoms with E-state index in [0.29, 0.717) is 18.7 Å². The van der Waals surface area contributed by atoms with E-state index >= 15 is 0 Å². The van der Waals surface area contributed by atoms with Gasteiger partial charge in [-0.25, -0.2) is 0 Å². The van der Waals surface area contributed by atoms with Crippen LogP contribution in [-0.2, 0) is 6.42 Å². The number of hydrogen-bond acceptors (Lipinski definition) is 4. The molecule has 174 valence electrons. The van der Waals surface area contributed by atoms with Crippen LogP contribution in [0.2, 0.25) is 0 Å². The molecule has 32 heavy (non-hydrogen) atoms. The second-order valence-corrected chi connectivity index (χ2v) is 8.02. The number of amides is 1. The molecule has 2 N–H and O–H groups in total. The topological polar surface area (TPSA) is 69.2 Å². The van der Waals surface area contributed by atoms with Crippen molar-refractivity contribution < 1.29 is 9.53 Å². The van der Waals surface area contributed by atoms with E-state index < -0.39 is 0 Å². The number of rotatable bonds is 10. The quantitative estimate of drug-likeness (QED) is 0.440. The number of guanidine groups is 1. The van der Waals surface area contributed by atoms with Gasteiger partial charge in [0.15, 0.2) is 5.96 Å². The Morgan fingerprint density at radius 3 is 2.47 bits per heavy atom. The predicted molar refractivity (Wildman–Crippen MR) is 132 cm³/mol. The van der Waals surface area contributed by atoms with Crippen LogP contribution in [0.3, 0.4) is 0 Å². The monoisotopic (exact) mass is 439 g/mol. The van der Waals surface area contributed by atoms with Crippen LogP contribution in [-0.4, -0.2) is 76.6 Å². The number of ether oxygens (including phenoxy) is 1. The molecule has 0 fully saturated rings. The number of likely N-dealkylation sites (N-methyl/N-ethyl adjacent to an activating group) is 1. The number of para-hydroxylation sites is 1. The first-order valence-corrected chi connectivity index (χ1v) is 11.0. The number of methoxy groups -OCH3 is 1. The molecule has 1 unspecified atom stereocenters. The molecule has 0 aliphatic carbocycles. The van der Waals surface area contributed by atoms with Gasteiger partial charge in [-0.15, -0.1) is 0 Å². The zero-order chi connectivity index (χ0) is 23.5. The summed E-state index contributed by atoms with van der Waals surface area (Å²) in [4.78, 5) is 20.8. The van der Waals surface area contributed by atoms with E-state index in [1.54, 1.807) is 26.1 Å². The Kier molecular flexibility index (Phi) is 10.0. The SMILES string of the molecule is CCNC(=NCC(c1ccccc1OC)N(C)C)NCCc1cccc(C(=O)N(C)C)c1. The number of carbonyl (C=O) groups is 1. The minimum atomic E-state index is 0.0146. The van der Waals surface area contributed by atoms with E-state index in [1.165, 1.54) is 0 Å². The first-order chi connectivity index (χ1) is 15.4. The summed E-state index contributed by atoms with van der Waals surface area (Å²) in [7, 11) is 9.33. The molecule has 7 nitrogen and oxygen atoms in total. The molecule has 0 heterocycles. The first-order valence-electron chi connectivity index (χ1n) is 11.0. The van der Waals surface area contributed by atoms with Crippen LogP contribution in [0.4, 0.5) is 0 Å². The molecule has 0 radical (unpaired) electrons. The number of carbonyl (C=O) groups excluding carboxylic acids is 1. The van der Waals surface area contributed by atoms with E-state index in [0.717, 1.165) is 35.8 Å². The lowest BCUT2D eigenvalue weighted by molar-refractivity contribution is 0.0827. The van der Waals surface area contributed by atoms with E-state index in [2.05, 4.69) is 42.6 Å². The number of nitrogens with zero attached hydrogens (tertiary/aromatic N) is 3. The summed E-state index contributed by atoms with van der Waals surface area (Å²) in [5, 5.41) is 6.72. The Bertz CT molecular complexity index is 895. The number of benzene rings is 2. The van der Waals surface area contributed by atoms with Crippen molar-refractivity contribution in [2.24, 2.45) is 4.99 Å². The van der Waals surface area contributed by atoms with Crippen molar-refractivity contribution in [1.82, 2.24) is 20.4 Å². The molecule has 7 heteroatoms. The zero-order valence-corrected chi connectivity index (χ0v) is 20.2. The Morgan fingerprint density at radius 1 is 1.06 bits per heavy atom. The fraction of sp³-hybridized carbons (Fsp3) is 0.440. The standard InChI is InChI=1S/C25H37N5O2/c1-7-26-25(27-16-15-19-11-10-12-20(17-19)24(31)30(4)5)28-18-22(29(2)3)21-13-8-9-14-23(21)32-6/h8-14,17,22H,7,15-16,18H2,1-6H3,(H2,26,27,28).